The summed E-state index contributed by atoms with van der Waals surface area (Å²) in [6, 6.07) is 0. The van der Waals surface area contributed by atoms with Crippen molar-refractivity contribution in [3.8, 4) is 0 Å². The molecule has 66 valence electrons. The van der Waals surface area contributed by atoms with Crippen LogP contribution in [0.5, 0.6) is 0 Å². The van der Waals surface area contributed by atoms with Gasteiger partial charge in [0.15, 0.2) is 0 Å². The van der Waals surface area contributed by atoms with E-state index in [-0.39, 0.29) is 40.4 Å². The van der Waals surface area contributed by atoms with E-state index in [1.165, 1.54) is 0 Å². The van der Waals surface area contributed by atoms with Crippen molar-refractivity contribution in [2.24, 2.45) is 4.99 Å². The Labute approximate surface area is 102 Å². The Bertz CT molecular complexity index is 132. The first-order valence-corrected chi connectivity index (χ1v) is 3.71. The van der Waals surface area contributed by atoms with Gasteiger partial charge in [-0.15, -0.1) is 0 Å². The number of aliphatic hydroxyl groups is 1. The van der Waals surface area contributed by atoms with Gasteiger partial charge >= 0.3 is 0 Å². The molecule has 0 bridgehead atoms. The molecule has 11 heavy (non-hydrogen) atoms. The van der Waals surface area contributed by atoms with Crippen molar-refractivity contribution in [1.29, 1.82) is 0 Å². The molecule has 0 saturated heterocycles. The molecule has 0 spiro atoms. The van der Waals surface area contributed by atoms with Gasteiger partial charge in [-0.2, -0.15) is 0 Å². The van der Waals surface area contributed by atoms with E-state index in [1.54, 1.807) is 14.0 Å². The molecule has 0 radical (unpaired) electrons. The quantitative estimate of drug-likeness (QED) is 0.788. The van der Waals surface area contributed by atoms with Crippen molar-refractivity contribution in [2.45, 2.75) is 39.2 Å². The molecule has 0 saturated carbocycles. The number of hydrogen-bond acceptors (Lipinski definition) is 2. The zero-order valence-corrected chi connectivity index (χ0v) is 10.3. The summed E-state index contributed by atoms with van der Waals surface area (Å²) in [5.74, 6) is 0. The van der Waals surface area contributed by atoms with Crippen LogP contribution in [0.1, 0.15) is 33.6 Å². The van der Waals surface area contributed by atoms with Gasteiger partial charge in [0, 0.05) is 53.1 Å². The molecule has 0 aliphatic heterocycles. The predicted molar refractivity (Wildman–Crippen MR) is 44.6 cm³/mol. The first-order valence-electron chi connectivity index (χ1n) is 3.71. The number of aliphatic imine (C=N–C) groups is 1. The van der Waals surface area contributed by atoms with Crippen molar-refractivity contribution >= 4 is 5.71 Å². The SMILES string of the molecule is CCCC(C)(O)C(C)=NC.[Sm]. The fourth-order valence-electron chi connectivity index (χ4n) is 0.909. The summed E-state index contributed by atoms with van der Waals surface area (Å²) in [6.07, 6.45) is 1.77. The maximum atomic E-state index is 9.65. The molecule has 0 fully saturated rings. The van der Waals surface area contributed by atoms with Gasteiger partial charge in [-0.3, -0.25) is 4.99 Å². The third-order valence-corrected chi connectivity index (χ3v) is 1.85. The van der Waals surface area contributed by atoms with Crippen LogP contribution in [0.2, 0.25) is 0 Å². The minimum atomic E-state index is -0.691. The summed E-state index contributed by atoms with van der Waals surface area (Å²) in [5, 5.41) is 9.65. The third-order valence-electron chi connectivity index (χ3n) is 1.85. The monoisotopic (exact) mass is 295 g/mol. The van der Waals surface area contributed by atoms with Crippen molar-refractivity contribution < 1.29 is 45.5 Å². The fourth-order valence-corrected chi connectivity index (χ4v) is 0.909. The van der Waals surface area contributed by atoms with E-state index in [0.717, 1.165) is 18.6 Å². The summed E-state index contributed by atoms with van der Waals surface area (Å²) in [4.78, 5) is 3.95. The summed E-state index contributed by atoms with van der Waals surface area (Å²) in [6.45, 7) is 5.71. The Morgan fingerprint density at radius 3 is 2.27 bits per heavy atom. The maximum absolute atomic E-state index is 9.65. The standard InChI is InChI=1S/C8H17NO.Sm/c1-5-6-8(3,10)7(2)9-4;/h10H,5-6H2,1-4H3;. The van der Waals surface area contributed by atoms with E-state index in [2.05, 4.69) is 11.9 Å². The Morgan fingerprint density at radius 2 is 2.00 bits per heavy atom. The zero-order chi connectivity index (χ0) is 8.20. The number of rotatable bonds is 3. The molecule has 0 aliphatic rings. The van der Waals surface area contributed by atoms with E-state index in [1.807, 2.05) is 6.92 Å². The Morgan fingerprint density at radius 1 is 1.55 bits per heavy atom. The van der Waals surface area contributed by atoms with E-state index in [4.69, 9.17) is 0 Å². The van der Waals surface area contributed by atoms with Gasteiger partial charge in [0.25, 0.3) is 0 Å². The Balaban J connectivity index is 0. The van der Waals surface area contributed by atoms with Crippen molar-refractivity contribution in [1.82, 2.24) is 0 Å². The third kappa shape index (κ3) is 5.25. The zero-order valence-electron chi connectivity index (χ0n) is 7.72. The largest absolute Gasteiger partial charge is 0.384 e. The number of nitrogens with zero attached hydrogens (tertiary/aromatic N) is 1. The molecule has 0 heterocycles. The second-order valence-electron chi connectivity index (χ2n) is 2.83. The Kier molecular flexibility index (Phi) is 8.54. The van der Waals surface area contributed by atoms with Crippen LogP contribution >= 0.6 is 0 Å². The predicted octanol–water partition coefficient (Wildman–Crippen LogP) is 1.63. The molecule has 0 aromatic heterocycles. The maximum Gasteiger partial charge on any atom is 0.0991 e. The summed E-state index contributed by atoms with van der Waals surface area (Å²) >= 11 is 0. The molecule has 1 N–H and O–H groups in total. The van der Waals surface area contributed by atoms with Gasteiger partial charge in [-0.1, -0.05) is 13.3 Å². The number of hydrogen-bond donors (Lipinski definition) is 1. The van der Waals surface area contributed by atoms with Crippen molar-refractivity contribution in [3.05, 3.63) is 0 Å². The van der Waals surface area contributed by atoms with Crippen LogP contribution in [0.4, 0.5) is 0 Å². The van der Waals surface area contributed by atoms with Gasteiger partial charge in [-0.25, -0.2) is 0 Å². The van der Waals surface area contributed by atoms with Gasteiger partial charge in [0.05, 0.1) is 5.60 Å². The first kappa shape index (κ1) is 14.5. The average molecular weight is 294 g/mol. The van der Waals surface area contributed by atoms with E-state index >= 15 is 0 Å². The molecular weight excluding hydrogens is 276 g/mol. The molecule has 0 aromatic rings. The fraction of sp³-hybridized carbons (Fsp3) is 0.875. The molecule has 3 heteroatoms. The van der Waals surface area contributed by atoms with Gasteiger partial charge in [0.1, 0.15) is 0 Å². The average Bonchev–Trinajstić information content (AvgIpc) is 1.86. The molecule has 0 aliphatic carbocycles. The van der Waals surface area contributed by atoms with Crippen molar-refractivity contribution in [3.63, 3.8) is 0 Å². The smallest absolute Gasteiger partial charge is 0.0991 e. The van der Waals surface area contributed by atoms with E-state index < -0.39 is 5.60 Å². The van der Waals surface area contributed by atoms with Crippen LogP contribution < -0.4 is 0 Å². The topological polar surface area (TPSA) is 32.6 Å². The Hall–Kier alpha value is 0.968. The summed E-state index contributed by atoms with van der Waals surface area (Å²) < 4.78 is 0. The van der Waals surface area contributed by atoms with E-state index in [0.29, 0.717) is 0 Å². The normalized spacial score (nSPS) is 17.0. The molecule has 1 unspecified atom stereocenters. The first-order chi connectivity index (χ1) is 4.54. The molecule has 0 rings (SSSR count). The van der Waals surface area contributed by atoms with Crippen LogP contribution in [0.3, 0.4) is 0 Å². The minimum absolute atomic E-state index is 0. The van der Waals surface area contributed by atoms with Crippen LogP contribution in [-0.4, -0.2) is 23.5 Å². The van der Waals surface area contributed by atoms with Gasteiger partial charge in [0.2, 0.25) is 0 Å². The van der Waals surface area contributed by atoms with Gasteiger partial charge in [-0.05, 0) is 20.3 Å². The van der Waals surface area contributed by atoms with Gasteiger partial charge < -0.3 is 5.11 Å². The second-order valence-corrected chi connectivity index (χ2v) is 2.83. The van der Waals surface area contributed by atoms with Crippen molar-refractivity contribution in [2.75, 3.05) is 7.05 Å². The molecule has 2 nitrogen and oxygen atoms in total. The summed E-state index contributed by atoms with van der Waals surface area (Å²) in [7, 11) is 1.71. The van der Waals surface area contributed by atoms with E-state index in [9.17, 15) is 5.11 Å². The minimum Gasteiger partial charge on any atom is -0.384 e. The summed E-state index contributed by atoms with van der Waals surface area (Å²) in [5.41, 5.74) is 0.123. The second kappa shape index (κ2) is 6.48. The molecule has 0 aromatic carbocycles. The molecule has 1 atom stereocenters. The van der Waals surface area contributed by atoms with Crippen LogP contribution in [0.25, 0.3) is 0 Å². The van der Waals surface area contributed by atoms with Crippen LogP contribution in [0, 0.1) is 40.4 Å². The van der Waals surface area contributed by atoms with Crippen LogP contribution in [0.15, 0.2) is 4.99 Å². The van der Waals surface area contributed by atoms with Crippen LogP contribution in [-0.2, 0) is 0 Å². The molecular formula is C8H17NOSm. The molecule has 0 amide bonds.